The van der Waals surface area contributed by atoms with Crippen LogP contribution in [0.1, 0.15) is 10.6 Å². The number of rotatable bonds is 4. The molecule has 0 fully saturated rings. The van der Waals surface area contributed by atoms with Crippen LogP contribution < -0.4 is 4.74 Å². The van der Waals surface area contributed by atoms with Gasteiger partial charge in [0.25, 0.3) is 5.19 Å². The first-order valence-corrected chi connectivity index (χ1v) is 5.30. The molecule has 0 amide bonds. The van der Waals surface area contributed by atoms with Gasteiger partial charge in [-0.1, -0.05) is 46.8 Å². The van der Waals surface area contributed by atoms with Gasteiger partial charge in [-0.2, -0.15) is 0 Å². The van der Waals surface area contributed by atoms with Gasteiger partial charge in [0, 0.05) is 0 Å². The number of ether oxygens (including phenoxy) is 1. The Morgan fingerprint density at radius 2 is 2.00 bits per heavy atom. The number of benzene rings is 1. The van der Waals surface area contributed by atoms with Gasteiger partial charge in [0.2, 0.25) is 0 Å². The highest BCUT2D eigenvalue weighted by Gasteiger charge is 2.03. The average molecular weight is 222 g/mol. The summed E-state index contributed by atoms with van der Waals surface area (Å²) in [6.07, 6.45) is 0. The number of hydrogen-bond acceptors (Lipinski definition) is 5. The SMILES string of the molecule is OCc1nnc(OCc2ccccc2)s1. The molecule has 0 bridgehead atoms. The molecular weight excluding hydrogens is 212 g/mol. The second-order valence-electron chi connectivity index (χ2n) is 2.89. The summed E-state index contributed by atoms with van der Waals surface area (Å²) in [5, 5.41) is 17.4. The molecule has 0 aliphatic carbocycles. The molecule has 2 rings (SSSR count). The molecule has 1 heterocycles. The van der Waals surface area contributed by atoms with Crippen LogP contribution in [0.4, 0.5) is 0 Å². The van der Waals surface area contributed by atoms with E-state index in [1.165, 1.54) is 11.3 Å². The normalized spacial score (nSPS) is 10.2. The fourth-order valence-corrected chi connectivity index (χ4v) is 1.63. The molecule has 0 spiro atoms. The number of nitrogens with zero attached hydrogens (tertiary/aromatic N) is 2. The predicted octanol–water partition coefficient (Wildman–Crippen LogP) is 1.61. The third-order valence-corrected chi connectivity index (χ3v) is 2.61. The van der Waals surface area contributed by atoms with E-state index in [9.17, 15) is 0 Å². The molecule has 0 saturated carbocycles. The molecule has 15 heavy (non-hydrogen) atoms. The molecule has 0 radical (unpaired) electrons. The topological polar surface area (TPSA) is 55.2 Å². The van der Waals surface area contributed by atoms with Crippen molar-refractivity contribution >= 4 is 11.3 Å². The molecule has 5 heteroatoms. The van der Waals surface area contributed by atoms with Crippen LogP contribution in [0.15, 0.2) is 30.3 Å². The first-order chi connectivity index (χ1) is 7.38. The first-order valence-electron chi connectivity index (χ1n) is 4.48. The molecular formula is C10H10N2O2S. The van der Waals surface area contributed by atoms with Crippen molar-refractivity contribution < 1.29 is 9.84 Å². The molecule has 0 unspecified atom stereocenters. The minimum atomic E-state index is -0.0909. The lowest BCUT2D eigenvalue weighted by Gasteiger charge is -2.00. The van der Waals surface area contributed by atoms with Crippen LogP contribution in [-0.2, 0) is 13.2 Å². The van der Waals surface area contributed by atoms with Gasteiger partial charge in [0.1, 0.15) is 11.6 Å². The zero-order valence-electron chi connectivity index (χ0n) is 7.96. The number of aliphatic hydroxyl groups excluding tert-OH is 1. The maximum Gasteiger partial charge on any atom is 0.294 e. The molecule has 1 N–H and O–H groups in total. The standard InChI is InChI=1S/C10H10N2O2S/c13-6-9-11-12-10(15-9)14-7-8-4-2-1-3-5-8/h1-5,13H,6-7H2. The average Bonchev–Trinajstić information content (AvgIpc) is 2.76. The molecule has 0 aliphatic rings. The van der Waals surface area contributed by atoms with Gasteiger partial charge in [-0.3, -0.25) is 0 Å². The summed E-state index contributed by atoms with van der Waals surface area (Å²) >= 11 is 1.26. The third-order valence-electron chi connectivity index (χ3n) is 1.79. The fourth-order valence-electron chi connectivity index (χ4n) is 1.08. The van der Waals surface area contributed by atoms with Gasteiger partial charge in [-0.15, -0.1) is 5.10 Å². The van der Waals surface area contributed by atoms with Crippen molar-refractivity contribution in [3.8, 4) is 5.19 Å². The van der Waals surface area contributed by atoms with E-state index < -0.39 is 0 Å². The van der Waals surface area contributed by atoms with Crippen molar-refractivity contribution in [2.24, 2.45) is 0 Å². The van der Waals surface area contributed by atoms with Crippen LogP contribution in [0, 0.1) is 0 Å². The Kier molecular flexibility index (Phi) is 3.26. The lowest BCUT2D eigenvalue weighted by molar-refractivity contribution is 0.279. The lowest BCUT2D eigenvalue weighted by Crippen LogP contribution is -1.94. The van der Waals surface area contributed by atoms with E-state index in [1.807, 2.05) is 30.3 Å². The second-order valence-corrected chi connectivity index (χ2v) is 3.92. The van der Waals surface area contributed by atoms with Crippen molar-refractivity contribution in [1.82, 2.24) is 10.2 Å². The first kappa shape index (κ1) is 10.1. The summed E-state index contributed by atoms with van der Waals surface area (Å²) in [4.78, 5) is 0. The fraction of sp³-hybridized carbons (Fsp3) is 0.200. The minimum absolute atomic E-state index is 0.0909. The third kappa shape index (κ3) is 2.74. The maximum atomic E-state index is 8.79. The van der Waals surface area contributed by atoms with Crippen molar-refractivity contribution in [1.29, 1.82) is 0 Å². The molecule has 0 saturated heterocycles. The van der Waals surface area contributed by atoms with Gasteiger partial charge in [-0.05, 0) is 5.56 Å². The van der Waals surface area contributed by atoms with Crippen LogP contribution in [0.5, 0.6) is 5.19 Å². The van der Waals surface area contributed by atoms with E-state index in [0.29, 0.717) is 16.8 Å². The second kappa shape index (κ2) is 4.86. The number of aliphatic hydroxyl groups is 1. The van der Waals surface area contributed by atoms with E-state index in [2.05, 4.69) is 10.2 Å². The Balaban J connectivity index is 1.93. The molecule has 1 aromatic heterocycles. The van der Waals surface area contributed by atoms with Gasteiger partial charge in [0.05, 0.1) is 6.61 Å². The van der Waals surface area contributed by atoms with Crippen molar-refractivity contribution in [2.45, 2.75) is 13.2 Å². The van der Waals surface area contributed by atoms with Gasteiger partial charge in [-0.25, -0.2) is 0 Å². The van der Waals surface area contributed by atoms with Gasteiger partial charge in [0.15, 0.2) is 0 Å². The molecule has 4 nitrogen and oxygen atoms in total. The highest BCUT2D eigenvalue weighted by Crippen LogP contribution is 2.18. The summed E-state index contributed by atoms with van der Waals surface area (Å²) in [5.74, 6) is 0. The summed E-state index contributed by atoms with van der Waals surface area (Å²) in [6.45, 7) is 0.382. The summed E-state index contributed by atoms with van der Waals surface area (Å²) in [7, 11) is 0. The summed E-state index contributed by atoms with van der Waals surface area (Å²) in [5.41, 5.74) is 1.08. The molecule has 1 aromatic carbocycles. The predicted molar refractivity (Wildman–Crippen MR) is 56.6 cm³/mol. The van der Waals surface area contributed by atoms with Gasteiger partial charge < -0.3 is 9.84 Å². The highest BCUT2D eigenvalue weighted by atomic mass is 32.1. The zero-order valence-corrected chi connectivity index (χ0v) is 8.78. The maximum absolute atomic E-state index is 8.79. The van der Waals surface area contributed by atoms with Crippen molar-refractivity contribution in [2.75, 3.05) is 0 Å². The van der Waals surface area contributed by atoms with Crippen molar-refractivity contribution in [3.05, 3.63) is 40.9 Å². The highest BCUT2D eigenvalue weighted by molar-refractivity contribution is 7.13. The Hall–Kier alpha value is -1.46. The molecule has 0 atom stereocenters. The molecule has 2 aromatic rings. The van der Waals surface area contributed by atoms with Crippen LogP contribution >= 0.6 is 11.3 Å². The van der Waals surface area contributed by atoms with E-state index in [0.717, 1.165) is 5.56 Å². The van der Waals surface area contributed by atoms with Gasteiger partial charge >= 0.3 is 0 Å². The van der Waals surface area contributed by atoms with Crippen LogP contribution in [0.3, 0.4) is 0 Å². The summed E-state index contributed by atoms with van der Waals surface area (Å²) < 4.78 is 5.41. The molecule has 78 valence electrons. The molecule has 0 aliphatic heterocycles. The Bertz CT molecular complexity index is 416. The van der Waals surface area contributed by atoms with E-state index in [4.69, 9.17) is 9.84 Å². The quantitative estimate of drug-likeness (QED) is 0.853. The van der Waals surface area contributed by atoms with Crippen LogP contribution in [0.2, 0.25) is 0 Å². The van der Waals surface area contributed by atoms with E-state index in [-0.39, 0.29) is 6.61 Å². The number of aromatic nitrogens is 2. The number of hydrogen-bond donors (Lipinski definition) is 1. The van der Waals surface area contributed by atoms with E-state index in [1.54, 1.807) is 0 Å². The zero-order chi connectivity index (χ0) is 10.5. The lowest BCUT2D eigenvalue weighted by atomic mass is 10.2. The largest absolute Gasteiger partial charge is 0.464 e. The van der Waals surface area contributed by atoms with Crippen molar-refractivity contribution in [3.63, 3.8) is 0 Å². The van der Waals surface area contributed by atoms with Crippen LogP contribution in [-0.4, -0.2) is 15.3 Å². The Morgan fingerprint density at radius 1 is 1.20 bits per heavy atom. The smallest absolute Gasteiger partial charge is 0.294 e. The minimum Gasteiger partial charge on any atom is -0.464 e. The van der Waals surface area contributed by atoms with Crippen LogP contribution in [0.25, 0.3) is 0 Å². The monoisotopic (exact) mass is 222 g/mol. The summed E-state index contributed by atoms with van der Waals surface area (Å²) in [6, 6.07) is 9.83. The Morgan fingerprint density at radius 3 is 2.67 bits per heavy atom. The van der Waals surface area contributed by atoms with E-state index >= 15 is 0 Å². The Labute approximate surface area is 91.2 Å².